The Morgan fingerprint density at radius 3 is 2.60 bits per heavy atom. The predicted molar refractivity (Wildman–Crippen MR) is 77.9 cm³/mol. The first-order chi connectivity index (χ1) is 9.74. The van der Waals surface area contributed by atoms with Crippen molar-refractivity contribution in [3.8, 4) is 5.69 Å². The SMILES string of the molecule is CC1CCN(C(=O)c2cn(-c3ccccc3)cn2)CC1. The average molecular weight is 269 g/mol. The zero-order valence-electron chi connectivity index (χ0n) is 11.7. The highest BCUT2D eigenvalue weighted by molar-refractivity contribution is 5.92. The molecule has 0 saturated carbocycles. The van der Waals surface area contributed by atoms with Gasteiger partial charge in [0, 0.05) is 25.0 Å². The minimum atomic E-state index is 0.0478. The maximum atomic E-state index is 12.4. The Bertz CT molecular complexity index is 583. The van der Waals surface area contributed by atoms with Gasteiger partial charge >= 0.3 is 0 Å². The summed E-state index contributed by atoms with van der Waals surface area (Å²) in [4.78, 5) is 18.6. The van der Waals surface area contributed by atoms with Gasteiger partial charge in [-0.25, -0.2) is 4.98 Å². The van der Waals surface area contributed by atoms with Gasteiger partial charge in [0.05, 0.1) is 0 Å². The van der Waals surface area contributed by atoms with Crippen molar-refractivity contribution < 1.29 is 4.79 Å². The Hall–Kier alpha value is -2.10. The van der Waals surface area contributed by atoms with Crippen molar-refractivity contribution >= 4 is 5.91 Å². The van der Waals surface area contributed by atoms with Crippen molar-refractivity contribution in [3.63, 3.8) is 0 Å². The van der Waals surface area contributed by atoms with Crippen LogP contribution in [0.5, 0.6) is 0 Å². The Labute approximate surface area is 119 Å². The number of amides is 1. The minimum Gasteiger partial charge on any atom is -0.337 e. The molecule has 1 aliphatic rings. The van der Waals surface area contributed by atoms with Crippen LogP contribution in [0.25, 0.3) is 5.69 Å². The second-order valence-corrected chi connectivity index (χ2v) is 5.48. The lowest BCUT2D eigenvalue weighted by Crippen LogP contribution is -2.38. The number of nitrogens with zero attached hydrogens (tertiary/aromatic N) is 3. The molecular formula is C16H19N3O. The van der Waals surface area contributed by atoms with E-state index in [-0.39, 0.29) is 5.91 Å². The molecule has 0 radical (unpaired) electrons. The Morgan fingerprint density at radius 2 is 1.90 bits per heavy atom. The summed E-state index contributed by atoms with van der Waals surface area (Å²) in [5.41, 5.74) is 1.55. The first-order valence-corrected chi connectivity index (χ1v) is 7.13. The zero-order chi connectivity index (χ0) is 13.9. The van der Waals surface area contributed by atoms with E-state index in [1.807, 2.05) is 46.0 Å². The lowest BCUT2D eigenvalue weighted by molar-refractivity contribution is 0.0692. The number of aromatic nitrogens is 2. The van der Waals surface area contributed by atoms with Gasteiger partial charge in [0.2, 0.25) is 0 Å². The third kappa shape index (κ3) is 2.59. The number of likely N-dealkylation sites (tertiary alicyclic amines) is 1. The highest BCUT2D eigenvalue weighted by Crippen LogP contribution is 2.18. The van der Waals surface area contributed by atoms with Crippen molar-refractivity contribution in [2.45, 2.75) is 19.8 Å². The van der Waals surface area contributed by atoms with E-state index in [2.05, 4.69) is 11.9 Å². The minimum absolute atomic E-state index is 0.0478. The molecule has 0 bridgehead atoms. The van der Waals surface area contributed by atoms with Crippen LogP contribution >= 0.6 is 0 Å². The summed E-state index contributed by atoms with van der Waals surface area (Å²) in [5.74, 6) is 0.771. The normalized spacial score (nSPS) is 16.4. The highest BCUT2D eigenvalue weighted by atomic mass is 16.2. The van der Waals surface area contributed by atoms with E-state index < -0.39 is 0 Å². The number of carbonyl (C=O) groups excluding carboxylic acids is 1. The molecule has 4 heteroatoms. The molecule has 1 saturated heterocycles. The van der Waals surface area contributed by atoms with Crippen LogP contribution in [-0.4, -0.2) is 33.4 Å². The molecule has 1 amide bonds. The second-order valence-electron chi connectivity index (χ2n) is 5.48. The fourth-order valence-corrected chi connectivity index (χ4v) is 2.55. The van der Waals surface area contributed by atoms with Crippen LogP contribution in [-0.2, 0) is 0 Å². The van der Waals surface area contributed by atoms with E-state index in [1.165, 1.54) is 0 Å². The second kappa shape index (κ2) is 5.49. The molecule has 4 nitrogen and oxygen atoms in total. The van der Waals surface area contributed by atoms with Crippen molar-refractivity contribution in [2.24, 2.45) is 5.92 Å². The fraction of sp³-hybridized carbons (Fsp3) is 0.375. The molecule has 2 aromatic rings. The molecule has 2 heterocycles. The van der Waals surface area contributed by atoms with Crippen LogP contribution in [0, 0.1) is 5.92 Å². The van der Waals surface area contributed by atoms with Crippen LogP contribution in [0.2, 0.25) is 0 Å². The van der Waals surface area contributed by atoms with E-state index in [1.54, 1.807) is 6.33 Å². The topological polar surface area (TPSA) is 38.1 Å². The monoisotopic (exact) mass is 269 g/mol. The van der Waals surface area contributed by atoms with E-state index in [0.29, 0.717) is 5.69 Å². The van der Waals surface area contributed by atoms with Gasteiger partial charge in [-0.3, -0.25) is 4.79 Å². The highest BCUT2D eigenvalue weighted by Gasteiger charge is 2.22. The Morgan fingerprint density at radius 1 is 1.20 bits per heavy atom. The Kier molecular flexibility index (Phi) is 3.54. The van der Waals surface area contributed by atoms with Crippen LogP contribution in [0.3, 0.4) is 0 Å². The zero-order valence-corrected chi connectivity index (χ0v) is 11.7. The largest absolute Gasteiger partial charge is 0.337 e. The molecule has 3 rings (SSSR count). The summed E-state index contributed by atoms with van der Waals surface area (Å²) in [5, 5.41) is 0. The molecule has 20 heavy (non-hydrogen) atoms. The van der Waals surface area contributed by atoms with E-state index in [9.17, 15) is 4.79 Å². The molecule has 0 spiro atoms. The maximum Gasteiger partial charge on any atom is 0.274 e. The summed E-state index contributed by atoms with van der Waals surface area (Å²) in [6.07, 6.45) is 5.70. The molecule has 0 N–H and O–H groups in total. The number of benzene rings is 1. The van der Waals surface area contributed by atoms with Gasteiger partial charge in [0.15, 0.2) is 0 Å². The third-order valence-corrected chi connectivity index (χ3v) is 3.93. The van der Waals surface area contributed by atoms with Crippen LogP contribution in [0.1, 0.15) is 30.3 Å². The summed E-state index contributed by atoms with van der Waals surface area (Å²) in [7, 11) is 0. The lowest BCUT2D eigenvalue weighted by atomic mass is 9.99. The standard InChI is InChI=1S/C16H19N3O/c1-13-7-9-18(10-8-13)16(20)15-11-19(12-17-15)14-5-3-2-4-6-14/h2-6,11-13H,7-10H2,1H3. The van der Waals surface area contributed by atoms with E-state index in [0.717, 1.165) is 37.5 Å². The van der Waals surface area contributed by atoms with Gasteiger partial charge in [0.1, 0.15) is 12.0 Å². The summed E-state index contributed by atoms with van der Waals surface area (Å²) in [6.45, 7) is 3.93. The van der Waals surface area contributed by atoms with Crippen LogP contribution in [0.15, 0.2) is 42.9 Å². The number of rotatable bonds is 2. The number of hydrogen-bond donors (Lipinski definition) is 0. The first kappa shape index (κ1) is 12.9. The predicted octanol–water partition coefficient (Wildman–Crippen LogP) is 2.74. The van der Waals surface area contributed by atoms with Gasteiger partial charge in [-0.1, -0.05) is 25.1 Å². The van der Waals surface area contributed by atoms with Crippen molar-refractivity contribution in [1.82, 2.24) is 14.5 Å². The van der Waals surface area contributed by atoms with Crippen molar-refractivity contribution in [1.29, 1.82) is 0 Å². The first-order valence-electron chi connectivity index (χ1n) is 7.13. The molecule has 1 aromatic heterocycles. The number of piperidine rings is 1. The number of hydrogen-bond acceptors (Lipinski definition) is 2. The number of imidazole rings is 1. The van der Waals surface area contributed by atoms with Crippen LogP contribution in [0.4, 0.5) is 0 Å². The number of carbonyl (C=O) groups is 1. The maximum absolute atomic E-state index is 12.4. The van der Waals surface area contributed by atoms with Gasteiger partial charge in [-0.05, 0) is 30.9 Å². The van der Waals surface area contributed by atoms with Gasteiger partial charge in [0.25, 0.3) is 5.91 Å². The molecular weight excluding hydrogens is 250 g/mol. The van der Waals surface area contributed by atoms with Gasteiger partial charge in [-0.2, -0.15) is 0 Å². The van der Waals surface area contributed by atoms with Crippen LogP contribution < -0.4 is 0 Å². The molecule has 0 unspecified atom stereocenters. The molecule has 0 atom stereocenters. The summed E-state index contributed by atoms with van der Waals surface area (Å²) in [6, 6.07) is 9.92. The lowest BCUT2D eigenvalue weighted by Gasteiger charge is -2.29. The molecule has 1 fully saturated rings. The van der Waals surface area contributed by atoms with Gasteiger partial charge in [-0.15, -0.1) is 0 Å². The van der Waals surface area contributed by atoms with Crippen molar-refractivity contribution in [2.75, 3.05) is 13.1 Å². The smallest absolute Gasteiger partial charge is 0.274 e. The third-order valence-electron chi connectivity index (χ3n) is 3.93. The molecule has 0 aliphatic carbocycles. The van der Waals surface area contributed by atoms with E-state index in [4.69, 9.17) is 0 Å². The summed E-state index contributed by atoms with van der Waals surface area (Å²) < 4.78 is 1.89. The summed E-state index contributed by atoms with van der Waals surface area (Å²) >= 11 is 0. The quantitative estimate of drug-likeness (QED) is 0.840. The fourth-order valence-electron chi connectivity index (χ4n) is 2.55. The molecule has 1 aliphatic heterocycles. The molecule has 104 valence electrons. The van der Waals surface area contributed by atoms with Gasteiger partial charge < -0.3 is 9.47 Å². The molecule has 1 aromatic carbocycles. The Balaban J connectivity index is 1.75. The average Bonchev–Trinajstić information content (AvgIpc) is 2.98. The number of para-hydroxylation sites is 1. The van der Waals surface area contributed by atoms with E-state index >= 15 is 0 Å². The van der Waals surface area contributed by atoms with Crippen molar-refractivity contribution in [3.05, 3.63) is 48.5 Å².